The van der Waals surface area contributed by atoms with E-state index in [0.717, 1.165) is 0 Å². The smallest absolute Gasteiger partial charge is 0.270 e. The first kappa shape index (κ1) is 17.4. The minimum absolute atomic E-state index is 0.0365. The number of carbonyl (C=O) groups is 1. The number of nitro benzene ring substituents is 1. The third-order valence-corrected chi connectivity index (χ3v) is 4.22. The molecule has 1 aliphatic rings. The molecule has 0 heterocycles. The molecule has 122 valence electrons. The lowest BCUT2D eigenvalue weighted by Crippen LogP contribution is -2.21. The maximum Gasteiger partial charge on any atom is 0.270 e. The van der Waals surface area contributed by atoms with E-state index < -0.39 is 4.92 Å². The first-order chi connectivity index (χ1) is 10.7. The zero-order valence-electron chi connectivity index (χ0n) is 12.5. The minimum Gasteiger partial charge on any atom is -0.273 e. The number of halogens is 2. The molecule has 1 aromatic rings. The van der Waals surface area contributed by atoms with Crippen molar-refractivity contribution in [3.8, 4) is 0 Å². The zero-order chi connectivity index (χ0) is 17.2. The summed E-state index contributed by atoms with van der Waals surface area (Å²) in [5.41, 5.74) is 2.70. The van der Waals surface area contributed by atoms with Gasteiger partial charge in [-0.15, -0.1) is 0 Å². The SMILES string of the molecule is CC1(C)[C@H](C=C(Cl)Cl)[C@H]1C(=O)N/N=C\c1cccc([N+](=O)[O-])c1. The number of allylic oxidation sites excluding steroid dienone is 1. The van der Waals surface area contributed by atoms with E-state index in [1.165, 1.54) is 18.3 Å². The van der Waals surface area contributed by atoms with Gasteiger partial charge in [-0.2, -0.15) is 5.10 Å². The van der Waals surface area contributed by atoms with Crippen molar-refractivity contribution in [3.05, 3.63) is 50.5 Å². The Morgan fingerprint density at radius 2 is 2.13 bits per heavy atom. The molecule has 0 unspecified atom stereocenters. The van der Waals surface area contributed by atoms with Crippen LogP contribution in [0.3, 0.4) is 0 Å². The van der Waals surface area contributed by atoms with Crippen LogP contribution in [0.2, 0.25) is 0 Å². The highest BCUT2D eigenvalue weighted by Crippen LogP contribution is 2.59. The van der Waals surface area contributed by atoms with E-state index >= 15 is 0 Å². The molecule has 0 spiro atoms. The Morgan fingerprint density at radius 3 is 2.74 bits per heavy atom. The van der Waals surface area contributed by atoms with Crippen LogP contribution in [0, 0.1) is 27.4 Å². The first-order valence-electron chi connectivity index (χ1n) is 6.83. The van der Waals surface area contributed by atoms with Crippen LogP contribution >= 0.6 is 23.2 Å². The summed E-state index contributed by atoms with van der Waals surface area (Å²) in [5, 5.41) is 14.5. The molecule has 0 radical (unpaired) electrons. The lowest BCUT2D eigenvalue weighted by Gasteiger charge is -2.01. The molecule has 0 aliphatic heterocycles. The van der Waals surface area contributed by atoms with Crippen LogP contribution in [0.15, 0.2) is 39.9 Å². The Labute approximate surface area is 143 Å². The third-order valence-electron chi connectivity index (χ3n) is 3.97. The van der Waals surface area contributed by atoms with E-state index in [0.29, 0.717) is 5.56 Å². The minimum atomic E-state index is -0.491. The summed E-state index contributed by atoms with van der Waals surface area (Å²) < 4.78 is 0.137. The van der Waals surface area contributed by atoms with E-state index in [1.54, 1.807) is 18.2 Å². The lowest BCUT2D eigenvalue weighted by molar-refractivity contribution is -0.384. The number of nitro groups is 1. The molecule has 0 saturated heterocycles. The fourth-order valence-electron chi connectivity index (χ4n) is 2.58. The van der Waals surface area contributed by atoms with Gasteiger partial charge in [-0.3, -0.25) is 14.9 Å². The van der Waals surface area contributed by atoms with Gasteiger partial charge in [0.25, 0.3) is 5.69 Å². The van der Waals surface area contributed by atoms with Gasteiger partial charge in [0, 0.05) is 17.7 Å². The first-order valence-corrected chi connectivity index (χ1v) is 7.59. The van der Waals surface area contributed by atoms with Crippen molar-refractivity contribution in [2.45, 2.75) is 13.8 Å². The molecule has 2 rings (SSSR count). The topological polar surface area (TPSA) is 84.6 Å². The molecule has 0 bridgehead atoms. The Balaban J connectivity index is 1.99. The third kappa shape index (κ3) is 4.09. The predicted octanol–water partition coefficient (Wildman–Crippen LogP) is 3.64. The molecule has 1 amide bonds. The van der Waals surface area contributed by atoms with Crippen LogP contribution in [0.4, 0.5) is 5.69 Å². The molecule has 8 heteroatoms. The molecule has 1 N–H and O–H groups in total. The van der Waals surface area contributed by atoms with Crippen molar-refractivity contribution in [3.63, 3.8) is 0 Å². The van der Waals surface area contributed by atoms with Gasteiger partial charge in [-0.05, 0) is 17.4 Å². The van der Waals surface area contributed by atoms with Gasteiger partial charge in [0.15, 0.2) is 0 Å². The molecule has 1 aromatic carbocycles. The van der Waals surface area contributed by atoms with Gasteiger partial charge < -0.3 is 0 Å². The van der Waals surface area contributed by atoms with Crippen molar-refractivity contribution in [2.75, 3.05) is 0 Å². The van der Waals surface area contributed by atoms with E-state index in [9.17, 15) is 14.9 Å². The highest BCUT2D eigenvalue weighted by Gasteiger charge is 2.60. The average molecular weight is 356 g/mol. The van der Waals surface area contributed by atoms with Crippen molar-refractivity contribution < 1.29 is 9.72 Å². The average Bonchev–Trinajstić information content (AvgIpc) is 2.99. The van der Waals surface area contributed by atoms with Crippen LogP contribution in [-0.4, -0.2) is 17.0 Å². The van der Waals surface area contributed by atoms with Crippen molar-refractivity contribution >= 4 is 41.0 Å². The van der Waals surface area contributed by atoms with E-state index in [-0.39, 0.29) is 33.3 Å². The number of nitrogens with zero attached hydrogens (tertiary/aromatic N) is 2. The van der Waals surface area contributed by atoms with Crippen molar-refractivity contribution in [1.29, 1.82) is 0 Å². The second kappa shape index (κ2) is 6.68. The van der Waals surface area contributed by atoms with Gasteiger partial charge >= 0.3 is 0 Å². The largest absolute Gasteiger partial charge is 0.273 e. The molecule has 2 atom stereocenters. The molecule has 1 fully saturated rings. The number of nitrogens with one attached hydrogen (secondary N) is 1. The molecule has 1 aliphatic carbocycles. The quantitative estimate of drug-likeness (QED) is 0.497. The van der Waals surface area contributed by atoms with Gasteiger partial charge in [-0.25, -0.2) is 5.43 Å². The Kier molecular flexibility index (Phi) is 5.06. The van der Waals surface area contributed by atoms with Crippen molar-refractivity contribution in [1.82, 2.24) is 5.43 Å². The molecule has 1 saturated carbocycles. The highest BCUT2D eigenvalue weighted by molar-refractivity contribution is 6.55. The Hall–Kier alpha value is -1.92. The summed E-state index contributed by atoms with van der Waals surface area (Å²) in [4.78, 5) is 22.3. The molecule has 23 heavy (non-hydrogen) atoms. The van der Waals surface area contributed by atoms with Crippen molar-refractivity contribution in [2.24, 2.45) is 22.4 Å². The fourth-order valence-corrected chi connectivity index (χ4v) is 2.86. The molecule has 0 aromatic heterocycles. The van der Waals surface area contributed by atoms with Gasteiger partial charge in [0.1, 0.15) is 4.49 Å². The van der Waals surface area contributed by atoms with Gasteiger partial charge in [0.05, 0.1) is 17.1 Å². The fraction of sp³-hybridized carbons (Fsp3) is 0.333. The summed E-state index contributed by atoms with van der Waals surface area (Å²) in [6.07, 6.45) is 3.01. The predicted molar refractivity (Wildman–Crippen MR) is 89.4 cm³/mol. The summed E-state index contributed by atoms with van der Waals surface area (Å²) in [6, 6.07) is 5.96. The number of hydrazone groups is 1. The van der Waals surface area contributed by atoms with Crippen LogP contribution in [0.1, 0.15) is 19.4 Å². The number of amides is 1. The molecule has 6 nitrogen and oxygen atoms in total. The Bertz CT molecular complexity index is 697. The molecular weight excluding hydrogens is 341 g/mol. The normalized spacial score (nSPS) is 21.7. The number of hydrogen-bond acceptors (Lipinski definition) is 4. The standard InChI is InChI=1S/C15H15Cl2N3O3/c1-15(2)11(7-12(16)17)13(15)14(21)19-18-8-9-4-3-5-10(6-9)20(22)23/h3-8,11,13H,1-2H3,(H,19,21)/b18-8-/t11-,13+/m1/s1. The summed E-state index contributed by atoms with van der Waals surface area (Å²) >= 11 is 11.3. The lowest BCUT2D eigenvalue weighted by atomic mass is 10.1. The maximum absolute atomic E-state index is 12.1. The number of non-ortho nitro benzene ring substituents is 1. The Morgan fingerprint density at radius 1 is 1.43 bits per heavy atom. The second-order valence-corrected chi connectivity index (χ2v) is 6.88. The van der Waals surface area contributed by atoms with Gasteiger partial charge in [0.2, 0.25) is 5.91 Å². The monoisotopic (exact) mass is 355 g/mol. The number of carbonyl (C=O) groups excluding carboxylic acids is 1. The summed E-state index contributed by atoms with van der Waals surface area (Å²) in [5.74, 6) is -0.551. The number of benzene rings is 1. The van der Waals surface area contributed by atoms with Crippen LogP contribution < -0.4 is 5.43 Å². The number of rotatable bonds is 5. The van der Waals surface area contributed by atoms with Gasteiger partial charge in [-0.1, -0.05) is 49.2 Å². The highest BCUT2D eigenvalue weighted by atomic mass is 35.5. The maximum atomic E-state index is 12.1. The number of hydrogen-bond donors (Lipinski definition) is 1. The van der Waals surface area contributed by atoms with Crippen LogP contribution in [0.5, 0.6) is 0 Å². The van der Waals surface area contributed by atoms with Crippen LogP contribution in [0.25, 0.3) is 0 Å². The van der Waals surface area contributed by atoms with E-state index in [1.807, 2.05) is 13.8 Å². The van der Waals surface area contributed by atoms with Crippen LogP contribution in [-0.2, 0) is 4.79 Å². The van der Waals surface area contributed by atoms with E-state index in [2.05, 4.69) is 10.5 Å². The zero-order valence-corrected chi connectivity index (χ0v) is 14.0. The summed E-state index contributed by atoms with van der Waals surface area (Å²) in [7, 11) is 0. The van der Waals surface area contributed by atoms with E-state index in [4.69, 9.17) is 23.2 Å². The second-order valence-electron chi connectivity index (χ2n) is 5.87. The summed E-state index contributed by atoms with van der Waals surface area (Å²) in [6.45, 7) is 3.89. The molecular formula is C15H15Cl2N3O3.